The van der Waals surface area contributed by atoms with Gasteiger partial charge < -0.3 is 10.6 Å². The first kappa shape index (κ1) is 15.4. The van der Waals surface area contributed by atoms with Crippen LogP contribution in [0.15, 0.2) is 22.7 Å². The smallest absolute Gasteiger partial charge is 0.222 e. The van der Waals surface area contributed by atoms with E-state index in [9.17, 15) is 4.79 Å². The summed E-state index contributed by atoms with van der Waals surface area (Å²) in [6.45, 7) is 5.97. The molecule has 4 heteroatoms. The molecule has 1 saturated heterocycles. The van der Waals surface area contributed by atoms with Gasteiger partial charge in [0.05, 0.1) is 0 Å². The minimum atomic E-state index is 0.260. The van der Waals surface area contributed by atoms with Crippen molar-refractivity contribution in [2.75, 3.05) is 12.3 Å². The molecule has 0 aliphatic carbocycles. The van der Waals surface area contributed by atoms with E-state index in [1.54, 1.807) is 0 Å². The van der Waals surface area contributed by atoms with Gasteiger partial charge in [-0.2, -0.15) is 0 Å². The van der Waals surface area contributed by atoms with Gasteiger partial charge in [0.2, 0.25) is 5.91 Å². The zero-order chi connectivity index (χ0) is 14.7. The Labute approximate surface area is 129 Å². The van der Waals surface area contributed by atoms with E-state index in [0.29, 0.717) is 24.8 Å². The highest BCUT2D eigenvalue weighted by molar-refractivity contribution is 9.10. The lowest BCUT2D eigenvalue weighted by molar-refractivity contribution is -0.131. The molecule has 110 valence electrons. The second-order valence-electron chi connectivity index (χ2n) is 5.99. The number of amides is 1. The molecule has 0 saturated carbocycles. The minimum Gasteiger partial charge on any atom is -0.398 e. The van der Waals surface area contributed by atoms with Crippen LogP contribution in [0.25, 0.3) is 0 Å². The number of nitrogens with two attached hydrogens (primary N) is 1. The molecule has 0 radical (unpaired) electrons. The fourth-order valence-corrected chi connectivity index (χ4v) is 3.19. The molecule has 0 aromatic heterocycles. The number of benzene rings is 1. The number of hydrogen-bond acceptors (Lipinski definition) is 2. The lowest BCUT2D eigenvalue weighted by Crippen LogP contribution is -2.30. The molecule has 1 unspecified atom stereocenters. The van der Waals surface area contributed by atoms with E-state index in [2.05, 4.69) is 29.8 Å². The van der Waals surface area contributed by atoms with Crippen LogP contribution in [0.4, 0.5) is 5.69 Å². The molecule has 1 aromatic carbocycles. The third kappa shape index (κ3) is 3.75. The van der Waals surface area contributed by atoms with Crippen LogP contribution in [-0.2, 0) is 11.3 Å². The second-order valence-corrected chi connectivity index (χ2v) is 6.91. The van der Waals surface area contributed by atoms with Crippen molar-refractivity contribution in [1.29, 1.82) is 0 Å². The maximum absolute atomic E-state index is 12.2. The number of anilines is 1. The first-order valence-electron chi connectivity index (χ1n) is 7.29. The average Bonchev–Trinajstić information content (AvgIpc) is 2.56. The maximum Gasteiger partial charge on any atom is 0.222 e. The first-order valence-corrected chi connectivity index (χ1v) is 8.08. The quantitative estimate of drug-likeness (QED) is 0.851. The van der Waals surface area contributed by atoms with Gasteiger partial charge in [-0.3, -0.25) is 4.79 Å². The van der Waals surface area contributed by atoms with Crippen molar-refractivity contribution in [3.63, 3.8) is 0 Å². The Kier molecular flexibility index (Phi) is 5.08. The largest absolute Gasteiger partial charge is 0.398 e. The molecule has 2 rings (SSSR count). The van der Waals surface area contributed by atoms with Crippen molar-refractivity contribution < 1.29 is 4.79 Å². The zero-order valence-corrected chi connectivity index (χ0v) is 13.8. The zero-order valence-electron chi connectivity index (χ0n) is 12.2. The summed E-state index contributed by atoms with van der Waals surface area (Å²) in [5, 5.41) is 0. The molecule has 1 fully saturated rings. The van der Waals surface area contributed by atoms with Gasteiger partial charge in [-0.25, -0.2) is 0 Å². The molecule has 20 heavy (non-hydrogen) atoms. The van der Waals surface area contributed by atoms with Gasteiger partial charge in [0.15, 0.2) is 0 Å². The van der Waals surface area contributed by atoms with E-state index < -0.39 is 0 Å². The van der Waals surface area contributed by atoms with Gasteiger partial charge in [-0.1, -0.05) is 35.8 Å². The standard InChI is InChI=1S/C16H23BrN2O/c1-11(2)12-4-6-16(20)19(8-7-12)10-13-3-5-14(17)9-15(13)18/h3,5,9,11-12H,4,6-8,10,18H2,1-2H3. The number of carbonyl (C=O) groups excluding carboxylic acids is 1. The summed E-state index contributed by atoms with van der Waals surface area (Å²) >= 11 is 3.41. The van der Waals surface area contributed by atoms with Gasteiger partial charge in [0, 0.05) is 29.7 Å². The Morgan fingerprint density at radius 2 is 2.15 bits per heavy atom. The molecular formula is C16H23BrN2O. The summed E-state index contributed by atoms with van der Waals surface area (Å²) in [6, 6.07) is 5.87. The number of carbonyl (C=O) groups is 1. The molecule has 2 N–H and O–H groups in total. The van der Waals surface area contributed by atoms with Crippen LogP contribution >= 0.6 is 15.9 Å². The number of hydrogen-bond donors (Lipinski definition) is 1. The third-order valence-corrected chi connectivity index (χ3v) is 4.76. The van der Waals surface area contributed by atoms with Gasteiger partial charge >= 0.3 is 0 Å². The predicted molar refractivity (Wildman–Crippen MR) is 86.2 cm³/mol. The highest BCUT2D eigenvalue weighted by atomic mass is 79.9. The van der Waals surface area contributed by atoms with E-state index in [-0.39, 0.29) is 5.91 Å². The van der Waals surface area contributed by atoms with Gasteiger partial charge in [0.1, 0.15) is 0 Å². The molecule has 0 bridgehead atoms. The van der Waals surface area contributed by atoms with Gasteiger partial charge in [0.25, 0.3) is 0 Å². The van der Waals surface area contributed by atoms with Crippen molar-refractivity contribution in [2.24, 2.45) is 11.8 Å². The SMILES string of the molecule is CC(C)C1CCC(=O)N(Cc2ccc(Br)cc2N)CC1. The number of halogens is 1. The Balaban J connectivity index is 2.06. The van der Waals surface area contributed by atoms with E-state index in [1.165, 1.54) is 0 Å². The summed E-state index contributed by atoms with van der Waals surface area (Å²) in [5.74, 6) is 1.57. The molecule has 1 atom stereocenters. The van der Waals surface area contributed by atoms with Crippen LogP contribution in [0, 0.1) is 11.8 Å². The van der Waals surface area contributed by atoms with Crippen molar-refractivity contribution in [3.05, 3.63) is 28.2 Å². The van der Waals surface area contributed by atoms with Crippen molar-refractivity contribution >= 4 is 27.5 Å². The third-order valence-electron chi connectivity index (χ3n) is 4.26. The Morgan fingerprint density at radius 3 is 2.80 bits per heavy atom. The van der Waals surface area contributed by atoms with E-state index >= 15 is 0 Å². The Morgan fingerprint density at radius 1 is 1.40 bits per heavy atom. The fraction of sp³-hybridized carbons (Fsp3) is 0.562. The molecule has 3 nitrogen and oxygen atoms in total. The lowest BCUT2D eigenvalue weighted by atomic mass is 9.89. The fourth-order valence-electron chi connectivity index (χ4n) is 2.81. The predicted octanol–water partition coefficient (Wildman–Crippen LogP) is 3.82. The number of rotatable bonds is 3. The summed E-state index contributed by atoms with van der Waals surface area (Å²) in [4.78, 5) is 14.2. The van der Waals surface area contributed by atoms with E-state index in [4.69, 9.17) is 5.73 Å². The highest BCUT2D eigenvalue weighted by Gasteiger charge is 2.24. The van der Waals surface area contributed by atoms with Crippen molar-refractivity contribution in [3.8, 4) is 0 Å². The van der Waals surface area contributed by atoms with Crippen LogP contribution in [0.1, 0.15) is 38.7 Å². The molecule has 0 spiro atoms. The van der Waals surface area contributed by atoms with Crippen LogP contribution in [0.2, 0.25) is 0 Å². The average molecular weight is 339 g/mol. The molecule has 1 aliphatic rings. The van der Waals surface area contributed by atoms with E-state index in [1.807, 2.05) is 23.1 Å². The second kappa shape index (κ2) is 6.61. The van der Waals surface area contributed by atoms with Crippen LogP contribution in [-0.4, -0.2) is 17.4 Å². The summed E-state index contributed by atoms with van der Waals surface area (Å²) in [6.07, 6.45) is 2.78. The molecule has 1 aromatic rings. The normalized spacial score (nSPS) is 20.3. The first-order chi connectivity index (χ1) is 9.47. The van der Waals surface area contributed by atoms with Crippen LogP contribution in [0.3, 0.4) is 0 Å². The monoisotopic (exact) mass is 338 g/mol. The maximum atomic E-state index is 12.2. The lowest BCUT2D eigenvalue weighted by Gasteiger charge is -2.22. The Hall–Kier alpha value is -1.03. The van der Waals surface area contributed by atoms with Crippen LogP contribution in [0.5, 0.6) is 0 Å². The number of nitrogens with zero attached hydrogens (tertiary/aromatic N) is 1. The molecule has 1 aliphatic heterocycles. The summed E-state index contributed by atoms with van der Waals surface area (Å²) in [7, 11) is 0. The summed E-state index contributed by atoms with van der Waals surface area (Å²) < 4.78 is 0.973. The molecular weight excluding hydrogens is 316 g/mol. The Bertz CT molecular complexity index is 487. The number of nitrogen functional groups attached to an aromatic ring is 1. The summed E-state index contributed by atoms with van der Waals surface area (Å²) in [5.41, 5.74) is 7.81. The van der Waals surface area contributed by atoms with Gasteiger partial charge in [-0.15, -0.1) is 0 Å². The molecule has 1 amide bonds. The minimum absolute atomic E-state index is 0.260. The van der Waals surface area contributed by atoms with Crippen molar-refractivity contribution in [1.82, 2.24) is 4.90 Å². The molecule has 1 heterocycles. The topological polar surface area (TPSA) is 46.3 Å². The van der Waals surface area contributed by atoms with Crippen molar-refractivity contribution in [2.45, 2.75) is 39.7 Å². The number of likely N-dealkylation sites (tertiary alicyclic amines) is 1. The highest BCUT2D eigenvalue weighted by Crippen LogP contribution is 2.27. The van der Waals surface area contributed by atoms with Gasteiger partial charge in [-0.05, 0) is 42.4 Å². The van der Waals surface area contributed by atoms with E-state index in [0.717, 1.165) is 35.1 Å². The van der Waals surface area contributed by atoms with Crippen LogP contribution < -0.4 is 5.73 Å².